The summed E-state index contributed by atoms with van der Waals surface area (Å²) in [5, 5.41) is 9.06. The summed E-state index contributed by atoms with van der Waals surface area (Å²) in [6, 6.07) is -1.67. The summed E-state index contributed by atoms with van der Waals surface area (Å²) in [7, 11) is -3.11. The molecule has 1 N–H and O–H groups in total. The summed E-state index contributed by atoms with van der Waals surface area (Å²) < 4.78 is 112. The average Bonchev–Trinajstić information content (AvgIpc) is 3.33. The highest BCUT2D eigenvalue weighted by Crippen LogP contribution is 2.51. The van der Waals surface area contributed by atoms with Crippen molar-refractivity contribution in [2.24, 2.45) is 11.8 Å². The lowest BCUT2D eigenvalue weighted by atomic mass is 9.85. The zero-order valence-electron chi connectivity index (χ0n) is 16.6. The van der Waals surface area contributed by atoms with Crippen molar-refractivity contribution in [3.05, 3.63) is 0 Å². The minimum Gasteiger partial charge on any atom is -0.465 e. The molecule has 1 saturated carbocycles. The number of likely N-dealkylation sites (tertiary alicyclic amines) is 1. The van der Waals surface area contributed by atoms with Gasteiger partial charge in [-0.05, 0) is 38.0 Å². The first kappa shape index (κ1) is 24.4. The molecule has 1 spiro atoms. The Morgan fingerprint density at radius 1 is 1.16 bits per heavy atom. The van der Waals surface area contributed by atoms with Gasteiger partial charge in [0.1, 0.15) is 0 Å². The second-order valence-electron chi connectivity index (χ2n) is 8.61. The van der Waals surface area contributed by atoms with Crippen LogP contribution in [0.2, 0.25) is 0 Å². The van der Waals surface area contributed by atoms with Gasteiger partial charge >= 0.3 is 18.4 Å². The third-order valence-electron chi connectivity index (χ3n) is 6.37. The van der Waals surface area contributed by atoms with Crippen molar-refractivity contribution in [2.45, 2.75) is 62.2 Å². The highest BCUT2D eigenvalue weighted by atomic mass is 32.2. The van der Waals surface area contributed by atoms with Gasteiger partial charge in [0.25, 0.3) is 0 Å². The molecular formula is C17H24F6N2O5S. The van der Waals surface area contributed by atoms with Crippen LogP contribution in [0.15, 0.2) is 0 Å². The quantitative estimate of drug-likeness (QED) is 0.609. The number of ether oxygens (including phenoxy) is 1. The summed E-state index contributed by atoms with van der Waals surface area (Å²) in [5.41, 5.74) is -1.46. The molecule has 2 heterocycles. The number of carbonyl (C=O) groups is 1. The van der Waals surface area contributed by atoms with E-state index in [4.69, 9.17) is 9.84 Å². The number of sulfonamides is 1. The van der Waals surface area contributed by atoms with Crippen molar-refractivity contribution < 1.29 is 49.4 Å². The maximum Gasteiger partial charge on any atom is 0.407 e. The van der Waals surface area contributed by atoms with Crippen LogP contribution in [0.5, 0.6) is 0 Å². The molecule has 2 saturated heterocycles. The number of likely N-dealkylation sites (N-methyl/N-ethyl adjacent to an activating group) is 1. The number of carboxylic acid groups (broad SMARTS) is 1. The average molecular weight is 482 g/mol. The van der Waals surface area contributed by atoms with Gasteiger partial charge in [-0.25, -0.2) is 13.2 Å². The predicted octanol–water partition coefficient (Wildman–Crippen LogP) is 3.07. The number of halogens is 6. The molecule has 0 bridgehead atoms. The van der Waals surface area contributed by atoms with E-state index in [-0.39, 0.29) is 44.0 Å². The zero-order valence-corrected chi connectivity index (χ0v) is 17.4. The molecule has 1 unspecified atom stereocenters. The fourth-order valence-electron chi connectivity index (χ4n) is 4.43. The molecule has 180 valence electrons. The minimum absolute atomic E-state index is 0.120. The zero-order chi connectivity index (χ0) is 23.4. The molecule has 1 aliphatic carbocycles. The fourth-order valence-corrected chi connectivity index (χ4v) is 6.20. The summed E-state index contributed by atoms with van der Waals surface area (Å²) in [6.07, 6.45) is -14.5. The number of alkyl halides is 6. The van der Waals surface area contributed by atoms with Crippen LogP contribution in [-0.2, 0) is 14.8 Å². The van der Waals surface area contributed by atoms with Gasteiger partial charge in [-0.15, -0.1) is 0 Å². The van der Waals surface area contributed by atoms with Gasteiger partial charge in [0.15, 0.2) is 5.92 Å². The minimum atomic E-state index is -5.70. The van der Waals surface area contributed by atoms with Gasteiger partial charge in [-0.3, -0.25) is 0 Å². The van der Waals surface area contributed by atoms with Gasteiger partial charge in [0.2, 0.25) is 10.0 Å². The highest BCUT2D eigenvalue weighted by Gasteiger charge is 2.67. The Morgan fingerprint density at radius 3 is 2.10 bits per heavy atom. The number of nitrogens with zero attached hydrogens (tertiary/aromatic N) is 2. The van der Waals surface area contributed by atoms with Crippen molar-refractivity contribution in [1.82, 2.24) is 9.21 Å². The summed E-state index contributed by atoms with van der Waals surface area (Å²) >= 11 is 0. The summed E-state index contributed by atoms with van der Waals surface area (Å²) in [4.78, 5) is 12.1. The lowest BCUT2D eigenvalue weighted by molar-refractivity contribution is -0.315. The number of amides is 1. The topological polar surface area (TPSA) is 87.2 Å². The Morgan fingerprint density at radius 2 is 1.68 bits per heavy atom. The van der Waals surface area contributed by atoms with E-state index in [1.54, 1.807) is 0 Å². The second kappa shape index (κ2) is 7.94. The smallest absolute Gasteiger partial charge is 0.407 e. The van der Waals surface area contributed by atoms with Crippen LogP contribution < -0.4 is 0 Å². The van der Waals surface area contributed by atoms with E-state index in [0.29, 0.717) is 17.1 Å². The molecule has 31 heavy (non-hydrogen) atoms. The molecule has 0 aromatic carbocycles. The number of hydrogen-bond donors (Lipinski definition) is 1. The highest BCUT2D eigenvalue weighted by molar-refractivity contribution is 7.89. The maximum atomic E-state index is 13.5. The van der Waals surface area contributed by atoms with Crippen LogP contribution in [0.1, 0.15) is 32.1 Å². The van der Waals surface area contributed by atoms with Crippen LogP contribution in [0, 0.1) is 11.8 Å². The first-order valence-electron chi connectivity index (χ1n) is 9.81. The molecule has 14 heteroatoms. The second-order valence-corrected chi connectivity index (χ2v) is 10.7. The molecule has 0 aromatic heterocycles. The monoisotopic (exact) mass is 482 g/mol. The van der Waals surface area contributed by atoms with Gasteiger partial charge in [0.05, 0.1) is 23.5 Å². The summed E-state index contributed by atoms with van der Waals surface area (Å²) in [5.74, 6) is -4.35. The SMILES string of the molecule is CN([C@@H]1CC2(CCN(C(=O)O)CC2)OC1C(C(F)(F)F)C(F)(F)F)S(=O)(=O)CC1CC1. The van der Waals surface area contributed by atoms with Gasteiger partial charge in [-0.2, -0.15) is 30.6 Å². The molecule has 7 nitrogen and oxygen atoms in total. The van der Waals surface area contributed by atoms with E-state index in [1.165, 1.54) is 0 Å². The Hall–Kier alpha value is -1.28. The molecule has 3 rings (SSSR count). The Kier molecular flexibility index (Phi) is 6.24. The largest absolute Gasteiger partial charge is 0.465 e. The van der Waals surface area contributed by atoms with E-state index in [1.807, 2.05) is 0 Å². The van der Waals surface area contributed by atoms with E-state index in [2.05, 4.69) is 0 Å². The van der Waals surface area contributed by atoms with E-state index in [0.717, 1.165) is 11.9 Å². The van der Waals surface area contributed by atoms with Gasteiger partial charge < -0.3 is 14.7 Å². The van der Waals surface area contributed by atoms with Crippen LogP contribution in [0.25, 0.3) is 0 Å². The molecule has 3 fully saturated rings. The van der Waals surface area contributed by atoms with Crippen molar-refractivity contribution >= 4 is 16.1 Å². The molecule has 2 aliphatic heterocycles. The molecule has 1 amide bonds. The molecular weight excluding hydrogens is 458 g/mol. The third-order valence-corrected chi connectivity index (χ3v) is 8.42. The van der Waals surface area contributed by atoms with Crippen LogP contribution in [-0.4, -0.2) is 84.8 Å². The van der Waals surface area contributed by atoms with Crippen molar-refractivity contribution in [1.29, 1.82) is 0 Å². The van der Waals surface area contributed by atoms with Gasteiger partial charge in [-0.1, -0.05) is 0 Å². The standard InChI is InChI=1S/C17H24F6N2O5S/c1-24(31(28,29)9-10-2-3-10)11-8-15(4-6-25(7-5-15)14(26)27)30-12(11)13(16(18,19)20)17(21,22)23/h10-13H,2-9H2,1H3,(H,26,27)/t11-,12?/m1/s1. The van der Waals surface area contributed by atoms with E-state index < -0.39 is 52.1 Å². The van der Waals surface area contributed by atoms with Crippen molar-refractivity contribution in [3.8, 4) is 0 Å². The first-order valence-corrected chi connectivity index (χ1v) is 11.4. The maximum absolute atomic E-state index is 13.5. The van der Waals surface area contributed by atoms with Crippen LogP contribution in [0.4, 0.5) is 31.1 Å². The van der Waals surface area contributed by atoms with Crippen molar-refractivity contribution in [3.63, 3.8) is 0 Å². The van der Waals surface area contributed by atoms with E-state index >= 15 is 0 Å². The van der Waals surface area contributed by atoms with Gasteiger partial charge in [0, 0.05) is 20.1 Å². The normalized spacial score (nSPS) is 27.5. The lowest BCUT2D eigenvalue weighted by Gasteiger charge is -2.38. The number of piperidine rings is 1. The third kappa shape index (κ3) is 5.21. The summed E-state index contributed by atoms with van der Waals surface area (Å²) in [6.45, 7) is -0.258. The van der Waals surface area contributed by atoms with Crippen molar-refractivity contribution in [2.75, 3.05) is 25.9 Å². The predicted molar refractivity (Wildman–Crippen MR) is 94.7 cm³/mol. The first-order chi connectivity index (χ1) is 14.1. The molecule has 2 atom stereocenters. The lowest BCUT2D eigenvalue weighted by Crippen LogP contribution is -2.53. The van der Waals surface area contributed by atoms with Crippen LogP contribution in [0.3, 0.4) is 0 Å². The van der Waals surface area contributed by atoms with E-state index in [9.17, 15) is 39.6 Å². The number of hydrogen-bond acceptors (Lipinski definition) is 4. The number of rotatable bonds is 5. The fraction of sp³-hybridized carbons (Fsp3) is 0.941. The molecule has 3 aliphatic rings. The van der Waals surface area contributed by atoms with Crippen LogP contribution >= 0.6 is 0 Å². The molecule has 0 aromatic rings. The Labute approximate surface area is 175 Å². The Balaban J connectivity index is 1.93. The Bertz CT molecular complexity index is 776. The molecule has 0 radical (unpaired) electrons.